The van der Waals surface area contributed by atoms with Gasteiger partial charge >= 0.3 is 0 Å². The number of pyridine rings is 1. The second-order valence-corrected chi connectivity index (χ2v) is 7.66. The minimum absolute atomic E-state index is 0.118. The molecule has 0 atom stereocenters. The predicted octanol–water partition coefficient (Wildman–Crippen LogP) is 2.37. The van der Waals surface area contributed by atoms with Crippen molar-refractivity contribution >= 4 is 17.2 Å². The zero-order chi connectivity index (χ0) is 16.4. The van der Waals surface area contributed by atoms with E-state index in [9.17, 15) is 4.79 Å². The first-order valence-corrected chi connectivity index (χ1v) is 9.50. The van der Waals surface area contributed by atoms with Crippen LogP contribution in [0.1, 0.15) is 38.8 Å². The molecule has 1 aliphatic carbocycles. The third-order valence-corrected chi connectivity index (χ3v) is 5.94. The van der Waals surface area contributed by atoms with E-state index < -0.39 is 0 Å². The first kappa shape index (κ1) is 15.7. The molecule has 1 aliphatic heterocycles. The molecule has 0 N–H and O–H groups in total. The minimum Gasteiger partial charge on any atom is -0.337 e. The maximum atomic E-state index is 12.6. The van der Waals surface area contributed by atoms with Gasteiger partial charge in [0.1, 0.15) is 5.01 Å². The summed E-state index contributed by atoms with van der Waals surface area (Å²) < 4.78 is 0. The van der Waals surface area contributed by atoms with Crippen LogP contribution in [0.25, 0.3) is 0 Å². The summed E-state index contributed by atoms with van der Waals surface area (Å²) in [5, 5.41) is 1.24. The van der Waals surface area contributed by atoms with Crippen LogP contribution >= 0.6 is 11.3 Å². The van der Waals surface area contributed by atoms with Gasteiger partial charge in [0, 0.05) is 49.0 Å². The lowest BCUT2D eigenvalue weighted by molar-refractivity contribution is 0.0761. The molecule has 6 heteroatoms. The number of fused-ring (bicyclic) bond motifs is 1. The monoisotopic (exact) mass is 342 g/mol. The van der Waals surface area contributed by atoms with Crippen molar-refractivity contribution in [3.63, 3.8) is 0 Å². The Balaban J connectivity index is 1.36. The molecular weight excluding hydrogens is 320 g/mol. The van der Waals surface area contributed by atoms with Gasteiger partial charge in [-0.25, -0.2) is 4.98 Å². The number of carbonyl (C=O) groups excluding carboxylic acids is 1. The van der Waals surface area contributed by atoms with Gasteiger partial charge in [-0.3, -0.25) is 14.7 Å². The van der Waals surface area contributed by atoms with Crippen molar-refractivity contribution in [2.45, 2.75) is 32.2 Å². The summed E-state index contributed by atoms with van der Waals surface area (Å²) in [4.78, 5) is 27.3. The zero-order valence-electron chi connectivity index (χ0n) is 13.8. The number of carbonyl (C=O) groups is 1. The number of rotatable bonds is 3. The molecule has 0 radical (unpaired) electrons. The Bertz CT molecular complexity index is 694. The van der Waals surface area contributed by atoms with Gasteiger partial charge in [0.2, 0.25) is 0 Å². The van der Waals surface area contributed by atoms with Gasteiger partial charge in [-0.1, -0.05) is 0 Å². The number of aromatic nitrogens is 2. The summed E-state index contributed by atoms with van der Waals surface area (Å²) in [7, 11) is 0. The third kappa shape index (κ3) is 3.35. The standard InChI is InChI=1S/C18H22N4OS/c23-18(14-5-7-19-8-6-14)22-10-2-9-21(11-12-22)13-17-20-15-3-1-4-16(15)24-17/h5-8H,1-4,9-13H2. The second-order valence-electron chi connectivity index (χ2n) is 6.49. The Labute approximate surface area is 146 Å². The van der Waals surface area contributed by atoms with Crippen LogP contribution in [0.3, 0.4) is 0 Å². The summed E-state index contributed by atoms with van der Waals surface area (Å²) >= 11 is 1.89. The molecule has 126 valence electrons. The molecule has 5 nitrogen and oxygen atoms in total. The molecule has 1 saturated heterocycles. The molecule has 2 aliphatic rings. The highest BCUT2D eigenvalue weighted by Gasteiger charge is 2.22. The van der Waals surface area contributed by atoms with Crippen molar-refractivity contribution in [1.82, 2.24) is 19.8 Å². The van der Waals surface area contributed by atoms with Crippen LogP contribution in [0.15, 0.2) is 24.5 Å². The van der Waals surface area contributed by atoms with Crippen LogP contribution in [0.5, 0.6) is 0 Å². The van der Waals surface area contributed by atoms with Gasteiger partial charge in [-0.05, 0) is 37.8 Å². The van der Waals surface area contributed by atoms with Crippen molar-refractivity contribution in [3.8, 4) is 0 Å². The smallest absolute Gasteiger partial charge is 0.254 e. The Kier molecular flexibility index (Phi) is 4.58. The van der Waals surface area contributed by atoms with Crippen LogP contribution in [-0.4, -0.2) is 51.9 Å². The van der Waals surface area contributed by atoms with Crippen LogP contribution < -0.4 is 0 Å². The number of aryl methyl sites for hydroxylation is 2. The van der Waals surface area contributed by atoms with Crippen LogP contribution in [0, 0.1) is 0 Å². The first-order valence-electron chi connectivity index (χ1n) is 8.69. The van der Waals surface area contributed by atoms with Crippen molar-refractivity contribution in [2.24, 2.45) is 0 Å². The Hall–Kier alpha value is -1.79. The van der Waals surface area contributed by atoms with Crippen LogP contribution in [-0.2, 0) is 19.4 Å². The first-order chi connectivity index (χ1) is 11.8. The van der Waals surface area contributed by atoms with E-state index in [0.29, 0.717) is 0 Å². The molecule has 3 heterocycles. The van der Waals surface area contributed by atoms with Crippen molar-refractivity contribution in [3.05, 3.63) is 45.7 Å². The molecule has 0 bridgehead atoms. The Morgan fingerprint density at radius 2 is 1.96 bits per heavy atom. The lowest BCUT2D eigenvalue weighted by atomic mass is 10.2. The van der Waals surface area contributed by atoms with Crippen molar-refractivity contribution in [1.29, 1.82) is 0 Å². The van der Waals surface area contributed by atoms with E-state index >= 15 is 0 Å². The van der Waals surface area contributed by atoms with E-state index in [0.717, 1.165) is 51.1 Å². The highest BCUT2D eigenvalue weighted by molar-refractivity contribution is 7.11. The highest BCUT2D eigenvalue weighted by atomic mass is 32.1. The quantitative estimate of drug-likeness (QED) is 0.859. The minimum atomic E-state index is 0.118. The van der Waals surface area contributed by atoms with Crippen LogP contribution in [0.4, 0.5) is 0 Å². The van der Waals surface area contributed by atoms with E-state index in [1.54, 1.807) is 24.5 Å². The largest absolute Gasteiger partial charge is 0.337 e. The fraction of sp³-hybridized carbons (Fsp3) is 0.500. The molecule has 0 aromatic carbocycles. The van der Waals surface area contributed by atoms with Crippen LogP contribution in [0.2, 0.25) is 0 Å². The zero-order valence-corrected chi connectivity index (χ0v) is 14.6. The second kappa shape index (κ2) is 6.99. The maximum Gasteiger partial charge on any atom is 0.254 e. The Morgan fingerprint density at radius 1 is 1.08 bits per heavy atom. The number of nitrogens with zero attached hydrogens (tertiary/aromatic N) is 4. The lowest BCUT2D eigenvalue weighted by Gasteiger charge is -2.21. The SMILES string of the molecule is O=C(c1ccncc1)N1CCCN(Cc2nc3c(s2)CCC3)CC1. The van der Waals surface area contributed by atoms with Gasteiger partial charge in [-0.15, -0.1) is 11.3 Å². The number of amides is 1. The fourth-order valence-corrected chi connectivity index (χ4v) is 4.71. The molecular formula is C18H22N4OS. The molecule has 2 aromatic heterocycles. The van der Waals surface area contributed by atoms with Gasteiger partial charge in [0.15, 0.2) is 0 Å². The number of hydrogen-bond acceptors (Lipinski definition) is 5. The maximum absolute atomic E-state index is 12.6. The summed E-state index contributed by atoms with van der Waals surface area (Å²) in [5.41, 5.74) is 2.06. The van der Waals surface area contributed by atoms with E-state index in [1.165, 1.54) is 28.4 Å². The van der Waals surface area contributed by atoms with E-state index in [-0.39, 0.29) is 5.91 Å². The average Bonchev–Trinajstić information content (AvgIpc) is 3.10. The number of hydrogen-bond donors (Lipinski definition) is 0. The molecule has 0 unspecified atom stereocenters. The third-order valence-electron chi connectivity index (χ3n) is 4.80. The lowest BCUT2D eigenvalue weighted by Crippen LogP contribution is -2.35. The normalized spacial score (nSPS) is 18.4. The van der Waals surface area contributed by atoms with Gasteiger partial charge in [0.05, 0.1) is 12.2 Å². The Morgan fingerprint density at radius 3 is 2.79 bits per heavy atom. The summed E-state index contributed by atoms with van der Waals surface area (Å²) in [6.45, 7) is 4.48. The fourth-order valence-electron chi connectivity index (χ4n) is 3.51. The predicted molar refractivity (Wildman–Crippen MR) is 94.2 cm³/mol. The number of thiazole rings is 1. The molecule has 24 heavy (non-hydrogen) atoms. The molecule has 1 fully saturated rings. The van der Waals surface area contributed by atoms with Gasteiger partial charge in [0.25, 0.3) is 5.91 Å². The summed E-state index contributed by atoms with van der Waals surface area (Å²) in [5.74, 6) is 0.118. The molecule has 4 rings (SSSR count). The molecule has 0 spiro atoms. The summed E-state index contributed by atoms with van der Waals surface area (Å²) in [6.07, 6.45) is 8.01. The molecule has 0 saturated carbocycles. The van der Waals surface area contributed by atoms with E-state index in [2.05, 4.69) is 9.88 Å². The van der Waals surface area contributed by atoms with E-state index in [1.807, 2.05) is 16.2 Å². The summed E-state index contributed by atoms with van der Waals surface area (Å²) in [6, 6.07) is 3.59. The molecule has 2 aromatic rings. The highest BCUT2D eigenvalue weighted by Crippen LogP contribution is 2.28. The van der Waals surface area contributed by atoms with Gasteiger partial charge in [-0.2, -0.15) is 0 Å². The van der Waals surface area contributed by atoms with E-state index in [4.69, 9.17) is 4.98 Å². The van der Waals surface area contributed by atoms with Crippen molar-refractivity contribution < 1.29 is 4.79 Å². The topological polar surface area (TPSA) is 49.3 Å². The van der Waals surface area contributed by atoms with Crippen molar-refractivity contribution in [2.75, 3.05) is 26.2 Å². The average molecular weight is 342 g/mol. The molecule has 1 amide bonds. The van der Waals surface area contributed by atoms with Gasteiger partial charge < -0.3 is 4.90 Å².